The minimum Gasteiger partial charge on any atom is -0.756 e. The van der Waals surface area contributed by atoms with Gasteiger partial charge in [-0.05, 0) is 141 Å². The number of carbonyl (C=O) groups excluding carboxylic acids is 2. The number of phosphoric acid groups is 1. The van der Waals surface area contributed by atoms with Crippen LogP contribution in [-0.2, 0) is 32.7 Å². The molecule has 0 saturated carbocycles. The molecule has 0 spiro atoms. The van der Waals surface area contributed by atoms with Gasteiger partial charge in [-0.25, -0.2) is 0 Å². The quantitative estimate of drug-likeness (QED) is 0.0195. The maximum absolute atomic E-state index is 12.8. The van der Waals surface area contributed by atoms with E-state index in [9.17, 15) is 19.0 Å². The number of esters is 2. The van der Waals surface area contributed by atoms with Crippen LogP contribution in [0.25, 0.3) is 0 Å². The van der Waals surface area contributed by atoms with E-state index < -0.39 is 32.5 Å². The molecule has 0 rings (SSSR count). The Morgan fingerprint density at radius 2 is 0.655 bits per heavy atom. The van der Waals surface area contributed by atoms with Crippen LogP contribution >= 0.6 is 7.82 Å². The van der Waals surface area contributed by atoms with Crippen molar-refractivity contribution in [3.63, 3.8) is 0 Å². The summed E-state index contributed by atoms with van der Waals surface area (Å²) in [6, 6.07) is 0. The average Bonchev–Trinajstić information content (AvgIpc) is 3.61. The van der Waals surface area contributed by atoms with Gasteiger partial charge in [0.25, 0.3) is 7.82 Å². The largest absolute Gasteiger partial charge is 0.756 e. The third kappa shape index (κ3) is 65.7. The number of unbranched alkanes of at least 4 members (excludes halogenated alkanes) is 7. The number of nitrogens with zero attached hydrogens (tertiary/aromatic N) is 1. The molecule has 0 aromatic carbocycles. The zero-order chi connectivity index (χ0) is 61.2. The van der Waals surface area contributed by atoms with Gasteiger partial charge in [-0.15, -0.1) is 0 Å². The second kappa shape index (κ2) is 62.1. The molecule has 0 aromatic rings. The zero-order valence-electron chi connectivity index (χ0n) is 53.0. The van der Waals surface area contributed by atoms with E-state index in [2.05, 4.69) is 214 Å². The lowest BCUT2D eigenvalue weighted by molar-refractivity contribution is -0.870. The normalized spacial score (nSPS) is 14.6. The Balaban J connectivity index is 4.34. The summed E-state index contributed by atoms with van der Waals surface area (Å²) in [6.45, 7) is 3.89. The fourth-order valence-corrected chi connectivity index (χ4v) is 8.22. The van der Waals surface area contributed by atoms with Crippen LogP contribution in [0.4, 0.5) is 0 Å². The molecular formula is C74H114NO8P. The van der Waals surface area contributed by atoms with E-state index in [1.54, 1.807) is 0 Å². The highest BCUT2D eigenvalue weighted by atomic mass is 31.2. The maximum atomic E-state index is 12.8. The first-order chi connectivity index (χ1) is 41.0. The minimum absolute atomic E-state index is 0.0576. The van der Waals surface area contributed by atoms with Gasteiger partial charge in [-0.3, -0.25) is 14.2 Å². The van der Waals surface area contributed by atoms with Gasteiger partial charge in [0.15, 0.2) is 6.10 Å². The van der Waals surface area contributed by atoms with Crippen LogP contribution in [0.3, 0.4) is 0 Å². The number of quaternary nitrogens is 1. The smallest absolute Gasteiger partial charge is 0.306 e. The highest BCUT2D eigenvalue weighted by Crippen LogP contribution is 2.38. The highest BCUT2D eigenvalue weighted by Gasteiger charge is 2.21. The van der Waals surface area contributed by atoms with Crippen molar-refractivity contribution in [2.45, 2.75) is 200 Å². The molecule has 0 saturated heterocycles. The van der Waals surface area contributed by atoms with Gasteiger partial charge in [-0.2, -0.15) is 0 Å². The third-order valence-corrected chi connectivity index (χ3v) is 13.3. The molecule has 0 aliphatic rings. The minimum atomic E-state index is -4.68. The number of phosphoric ester groups is 1. The molecule has 9 nitrogen and oxygen atoms in total. The molecule has 0 N–H and O–H groups in total. The summed E-state index contributed by atoms with van der Waals surface area (Å²) < 4.78 is 34.1. The summed E-state index contributed by atoms with van der Waals surface area (Å²) in [5, 5.41) is 0. The van der Waals surface area contributed by atoms with E-state index in [1.807, 2.05) is 27.2 Å². The summed E-state index contributed by atoms with van der Waals surface area (Å²) in [7, 11) is 1.08. The van der Waals surface area contributed by atoms with Crippen molar-refractivity contribution in [3.8, 4) is 0 Å². The molecule has 468 valence electrons. The topological polar surface area (TPSA) is 111 Å². The van der Waals surface area contributed by atoms with E-state index in [0.29, 0.717) is 30.3 Å². The van der Waals surface area contributed by atoms with Gasteiger partial charge in [0.2, 0.25) is 0 Å². The first-order valence-electron chi connectivity index (χ1n) is 31.8. The van der Waals surface area contributed by atoms with E-state index in [4.69, 9.17) is 18.5 Å². The van der Waals surface area contributed by atoms with E-state index in [0.717, 1.165) is 148 Å². The number of rotatable bonds is 55. The van der Waals surface area contributed by atoms with Crippen molar-refractivity contribution in [2.24, 2.45) is 0 Å². The molecule has 0 fully saturated rings. The van der Waals surface area contributed by atoms with Crippen molar-refractivity contribution in [3.05, 3.63) is 207 Å². The molecule has 2 atom stereocenters. The van der Waals surface area contributed by atoms with Crippen molar-refractivity contribution >= 4 is 19.8 Å². The first-order valence-corrected chi connectivity index (χ1v) is 33.3. The van der Waals surface area contributed by atoms with Crippen molar-refractivity contribution < 1.29 is 42.1 Å². The van der Waals surface area contributed by atoms with Gasteiger partial charge in [-0.1, -0.05) is 246 Å². The van der Waals surface area contributed by atoms with Crippen LogP contribution < -0.4 is 4.89 Å². The second-order valence-electron chi connectivity index (χ2n) is 21.3. The fourth-order valence-electron chi connectivity index (χ4n) is 7.49. The lowest BCUT2D eigenvalue weighted by atomic mass is 10.1. The Labute approximate surface area is 513 Å². The average molecular weight is 1180 g/mol. The number of likely N-dealkylation sites (N-methyl/N-ethyl adjacent to an activating group) is 1. The summed E-state index contributed by atoms with van der Waals surface area (Å²) in [6.07, 6.45) is 98.9. The SMILES string of the molecule is CC/C=C\C/C=C\C/C=C\C/C=C\C/C=C\C/C=C\C/C=C\C/C=C\C/C=C\CCCC(=O)OC(COC(=O)CCCCCCCC/C=C\C/C=C\C/C=C\C/C=C\C/C=C\C/C=C\C/C=C\C/C=C\CC)COP(=O)([O-])OCC[N+](C)(C)C. The standard InChI is InChI=1S/C74H114NO8P/c1-6-8-10-12-14-16-18-20-22-24-26-28-30-32-34-36-37-39-40-42-44-46-48-50-52-54-56-58-60-62-64-66-73(76)80-70-72(71-82-84(78,79)81-69-68-75(3,4)5)83-74(77)67-65-63-61-59-57-55-53-51-49-47-45-43-41-38-35-33-31-29-27-25-23-21-19-17-15-13-11-9-7-2/h8-11,14-17,20-23,26-29,32-35,37,39,41-44,47-50,53,55,59,61,72H,6-7,12-13,18-19,24-25,30-31,36,38,40,45-46,51-52,54,56-58,60,62-71H2,1-5H3/b10-8-,11-9-,16-14-,17-15-,22-20-,23-21-,28-26-,29-27-,34-32-,35-33-,39-37-,43-41-,44-42-,49-47-,50-48-,55-53-,61-59-. The monoisotopic (exact) mass is 1180 g/mol. The van der Waals surface area contributed by atoms with Gasteiger partial charge in [0.1, 0.15) is 19.8 Å². The Hall–Kier alpha value is -5.41. The number of carbonyl (C=O) groups is 2. The Kier molecular flexibility index (Phi) is 58.1. The third-order valence-electron chi connectivity index (χ3n) is 12.3. The van der Waals surface area contributed by atoms with Crippen molar-refractivity contribution in [1.29, 1.82) is 0 Å². The maximum Gasteiger partial charge on any atom is 0.306 e. The number of hydrogen-bond donors (Lipinski definition) is 0. The summed E-state index contributed by atoms with van der Waals surface area (Å²) in [5.74, 6) is -0.941. The lowest BCUT2D eigenvalue weighted by Gasteiger charge is -2.28. The van der Waals surface area contributed by atoms with E-state index >= 15 is 0 Å². The molecule has 2 unspecified atom stereocenters. The lowest BCUT2D eigenvalue weighted by Crippen LogP contribution is -2.37. The predicted octanol–water partition coefficient (Wildman–Crippen LogP) is 20.1. The second-order valence-corrected chi connectivity index (χ2v) is 22.7. The van der Waals surface area contributed by atoms with Crippen molar-refractivity contribution in [2.75, 3.05) is 47.5 Å². The molecule has 0 radical (unpaired) electrons. The van der Waals surface area contributed by atoms with E-state index in [-0.39, 0.29) is 26.1 Å². The molecule has 0 aliphatic heterocycles. The molecule has 0 aliphatic carbocycles. The fraction of sp³-hybridized carbons (Fsp3) is 0.514. The van der Waals surface area contributed by atoms with E-state index in [1.165, 1.54) is 0 Å². The number of allylic oxidation sites excluding steroid dienone is 34. The molecule has 10 heteroatoms. The Bertz CT molecular complexity index is 2170. The van der Waals surface area contributed by atoms with Gasteiger partial charge in [0, 0.05) is 12.8 Å². The number of ether oxygens (including phenoxy) is 2. The van der Waals surface area contributed by atoms with Crippen LogP contribution in [0.2, 0.25) is 0 Å². The van der Waals surface area contributed by atoms with Crippen LogP contribution in [-0.4, -0.2) is 70.0 Å². The molecule has 0 bridgehead atoms. The van der Waals surface area contributed by atoms with Crippen LogP contribution in [0.5, 0.6) is 0 Å². The molecule has 0 aromatic heterocycles. The Morgan fingerprint density at radius 3 is 0.988 bits per heavy atom. The molecule has 84 heavy (non-hydrogen) atoms. The molecular weight excluding hydrogens is 1060 g/mol. The van der Waals surface area contributed by atoms with Crippen LogP contribution in [0, 0.1) is 0 Å². The van der Waals surface area contributed by atoms with Gasteiger partial charge >= 0.3 is 11.9 Å². The Morgan fingerprint density at radius 1 is 0.369 bits per heavy atom. The van der Waals surface area contributed by atoms with Gasteiger partial charge < -0.3 is 27.9 Å². The predicted molar refractivity (Wildman–Crippen MR) is 359 cm³/mol. The molecule has 0 amide bonds. The van der Waals surface area contributed by atoms with Crippen molar-refractivity contribution in [1.82, 2.24) is 0 Å². The summed E-state index contributed by atoms with van der Waals surface area (Å²) >= 11 is 0. The summed E-state index contributed by atoms with van der Waals surface area (Å²) in [4.78, 5) is 38.0. The van der Waals surface area contributed by atoms with Gasteiger partial charge in [0.05, 0.1) is 27.7 Å². The van der Waals surface area contributed by atoms with Crippen LogP contribution in [0.1, 0.15) is 194 Å². The highest BCUT2D eigenvalue weighted by molar-refractivity contribution is 7.45. The first kappa shape index (κ1) is 78.6. The summed E-state index contributed by atoms with van der Waals surface area (Å²) in [5.41, 5.74) is 0. The van der Waals surface area contributed by atoms with Crippen LogP contribution in [0.15, 0.2) is 207 Å². The number of hydrogen-bond acceptors (Lipinski definition) is 8. The zero-order valence-corrected chi connectivity index (χ0v) is 53.9. The molecule has 0 heterocycles.